The largest absolute Gasteiger partial charge is 0.497 e. The zero-order valence-corrected chi connectivity index (χ0v) is 22.2. The number of alkyl halides is 3. The van der Waals surface area contributed by atoms with Gasteiger partial charge in [0.25, 0.3) is 0 Å². The molecule has 0 saturated carbocycles. The lowest BCUT2D eigenvalue weighted by Crippen LogP contribution is -2.52. The summed E-state index contributed by atoms with van der Waals surface area (Å²) in [5.74, 6) is -0.622. The van der Waals surface area contributed by atoms with Crippen LogP contribution < -0.4 is 14.4 Å². The molecule has 0 fully saturated rings. The van der Waals surface area contributed by atoms with Crippen LogP contribution in [0.5, 0.6) is 5.75 Å². The maximum atomic E-state index is 13.5. The Bertz CT molecular complexity index is 1190. The van der Waals surface area contributed by atoms with Crippen LogP contribution in [0, 0.1) is 0 Å². The first-order valence-corrected chi connectivity index (χ1v) is 13.4. The van der Waals surface area contributed by atoms with Gasteiger partial charge in [0.2, 0.25) is 21.8 Å². The van der Waals surface area contributed by atoms with E-state index < -0.39 is 46.2 Å². The van der Waals surface area contributed by atoms with Crippen LogP contribution in [0.3, 0.4) is 0 Å². The fourth-order valence-electron chi connectivity index (χ4n) is 3.43. The quantitative estimate of drug-likeness (QED) is 0.465. The summed E-state index contributed by atoms with van der Waals surface area (Å²) >= 11 is 0. The van der Waals surface area contributed by atoms with Crippen molar-refractivity contribution in [1.29, 1.82) is 0 Å². The van der Waals surface area contributed by atoms with Gasteiger partial charge in [0.05, 0.1) is 24.6 Å². The Kier molecular flexibility index (Phi) is 9.96. The topological polar surface area (TPSA) is 96.0 Å². The van der Waals surface area contributed by atoms with E-state index in [9.17, 15) is 31.2 Å². The van der Waals surface area contributed by atoms with Crippen molar-refractivity contribution >= 4 is 27.5 Å². The Morgan fingerprint density at radius 3 is 2.22 bits per heavy atom. The first-order chi connectivity index (χ1) is 17.2. The average molecular weight is 544 g/mol. The lowest BCUT2D eigenvalue weighted by atomic mass is 10.1. The summed E-state index contributed by atoms with van der Waals surface area (Å²) in [5, 5.41) is 2.80. The second-order valence-electron chi connectivity index (χ2n) is 8.68. The average Bonchev–Trinajstić information content (AvgIpc) is 2.84. The van der Waals surface area contributed by atoms with E-state index in [4.69, 9.17) is 4.74 Å². The van der Waals surface area contributed by atoms with E-state index in [1.807, 2.05) is 6.92 Å². The van der Waals surface area contributed by atoms with Crippen LogP contribution in [-0.4, -0.2) is 57.1 Å². The molecule has 12 heteroatoms. The summed E-state index contributed by atoms with van der Waals surface area (Å²) in [6.07, 6.45) is -3.25. The third-order valence-corrected chi connectivity index (χ3v) is 6.96. The van der Waals surface area contributed by atoms with E-state index in [0.717, 1.165) is 18.4 Å². The van der Waals surface area contributed by atoms with Gasteiger partial charge in [-0.25, -0.2) is 8.42 Å². The van der Waals surface area contributed by atoms with Crippen LogP contribution in [0.25, 0.3) is 0 Å². The number of methoxy groups -OCH3 is 1. The number of carbonyl (C=O) groups is 2. The Hall–Kier alpha value is -3.28. The minimum Gasteiger partial charge on any atom is -0.497 e. The second kappa shape index (κ2) is 12.3. The number of nitrogens with one attached hydrogen (secondary N) is 1. The highest BCUT2D eigenvalue weighted by molar-refractivity contribution is 7.92. The number of halogens is 3. The summed E-state index contributed by atoms with van der Waals surface area (Å²) in [6, 6.07) is 9.30. The lowest BCUT2D eigenvalue weighted by molar-refractivity contribution is -0.139. The normalized spacial score (nSPS) is 13.4. The number of sulfonamides is 1. The predicted molar refractivity (Wildman–Crippen MR) is 135 cm³/mol. The zero-order valence-electron chi connectivity index (χ0n) is 21.4. The van der Waals surface area contributed by atoms with Crippen LogP contribution in [0.1, 0.15) is 38.3 Å². The molecule has 0 aliphatic rings. The van der Waals surface area contributed by atoms with Crippen LogP contribution in [0.2, 0.25) is 0 Å². The third-order valence-electron chi connectivity index (χ3n) is 5.82. The number of amides is 2. The Morgan fingerprint density at radius 1 is 1.08 bits per heavy atom. The molecule has 0 heterocycles. The fraction of sp³-hybridized carbons (Fsp3) is 0.440. The van der Waals surface area contributed by atoms with E-state index in [-0.39, 0.29) is 18.3 Å². The summed E-state index contributed by atoms with van der Waals surface area (Å²) < 4.78 is 70.6. The molecule has 0 saturated heterocycles. The fourth-order valence-corrected chi connectivity index (χ4v) is 4.27. The molecule has 2 atom stereocenters. The molecule has 0 radical (unpaired) electrons. The van der Waals surface area contributed by atoms with Crippen molar-refractivity contribution in [3.8, 4) is 5.75 Å². The highest BCUT2D eigenvalue weighted by Gasteiger charge is 2.33. The molecule has 2 amide bonds. The van der Waals surface area contributed by atoms with Gasteiger partial charge in [0.1, 0.15) is 18.3 Å². The number of anilines is 1. The molecule has 37 heavy (non-hydrogen) atoms. The van der Waals surface area contributed by atoms with Gasteiger partial charge in [-0.15, -0.1) is 0 Å². The summed E-state index contributed by atoms with van der Waals surface area (Å²) in [6.45, 7) is 4.36. The number of benzene rings is 2. The minimum absolute atomic E-state index is 0.0435. The monoisotopic (exact) mass is 543 g/mol. The molecule has 0 aliphatic heterocycles. The molecule has 2 aromatic carbocycles. The van der Waals surface area contributed by atoms with Crippen molar-refractivity contribution in [1.82, 2.24) is 10.2 Å². The lowest BCUT2D eigenvalue weighted by Gasteiger charge is -2.32. The van der Waals surface area contributed by atoms with Gasteiger partial charge in [-0.1, -0.05) is 25.1 Å². The molecule has 0 unspecified atom stereocenters. The predicted octanol–water partition coefficient (Wildman–Crippen LogP) is 3.81. The van der Waals surface area contributed by atoms with Crippen LogP contribution in [-0.2, 0) is 32.3 Å². The highest BCUT2D eigenvalue weighted by atomic mass is 32.2. The van der Waals surface area contributed by atoms with E-state index in [1.165, 1.54) is 25.0 Å². The van der Waals surface area contributed by atoms with Crippen molar-refractivity contribution in [2.24, 2.45) is 0 Å². The number of carbonyl (C=O) groups excluding carboxylic acids is 2. The minimum atomic E-state index is -4.70. The van der Waals surface area contributed by atoms with E-state index in [1.54, 1.807) is 31.2 Å². The molecule has 0 spiro atoms. The van der Waals surface area contributed by atoms with Crippen molar-refractivity contribution in [3.63, 3.8) is 0 Å². The van der Waals surface area contributed by atoms with Gasteiger partial charge in [-0.3, -0.25) is 13.9 Å². The number of rotatable bonds is 11. The van der Waals surface area contributed by atoms with Gasteiger partial charge >= 0.3 is 6.18 Å². The van der Waals surface area contributed by atoms with Gasteiger partial charge in [0, 0.05) is 12.6 Å². The summed E-state index contributed by atoms with van der Waals surface area (Å²) in [5.41, 5.74) is -0.725. The van der Waals surface area contributed by atoms with E-state index in [2.05, 4.69) is 5.32 Å². The van der Waals surface area contributed by atoms with Crippen molar-refractivity contribution in [2.75, 3.05) is 24.2 Å². The smallest absolute Gasteiger partial charge is 0.416 e. The first-order valence-electron chi connectivity index (χ1n) is 11.5. The van der Waals surface area contributed by atoms with Crippen LogP contribution >= 0.6 is 0 Å². The van der Waals surface area contributed by atoms with Gasteiger partial charge in [-0.2, -0.15) is 13.2 Å². The maximum Gasteiger partial charge on any atom is 0.416 e. The second-order valence-corrected chi connectivity index (χ2v) is 10.6. The molecule has 0 aliphatic carbocycles. The van der Waals surface area contributed by atoms with E-state index in [0.29, 0.717) is 28.1 Å². The van der Waals surface area contributed by atoms with Gasteiger partial charge in [0.15, 0.2) is 0 Å². The molecular formula is C25H32F3N3O5S. The molecule has 0 aromatic heterocycles. The van der Waals surface area contributed by atoms with Crippen molar-refractivity contribution in [3.05, 3.63) is 59.7 Å². The number of hydrogen-bond acceptors (Lipinski definition) is 5. The Morgan fingerprint density at radius 2 is 1.70 bits per heavy atom. The van der Waals surface area contributed by atoms with Crippen LogP contribution in [0.15, 0.2) is 48.5 Å². The zero-order chi connectivity index (χ0) is 28.0. The summed E-state index contributed by atoms with van der Waals surface area (Å²) in [4.78, 5) is 27.6. The Balaban J connectivity index is 2.43. The maximum absolute atomic E-state index is 13.5. The van der Waals surface area contributed by atoms with Gasteiger partial charge in [-0.05, 0) is 56.2 Å². The SMILES string of the molecule is CC[C@H](C)NC(=O)[C@@H](C)N(Cc1ccc(OC)cc1)C(=O)CN(c1cccc(C(F)(F)F)c1)S(C)(=O)=O. The third kappa shape index (κ3) is 8.38. The Labute approximate surface area is 215 Å². The molecule has 0 bridgehead atoms. The number of hydrogen-bond donors (Lipinski definition) is 1. The van der Waals surface area contributed by atoms with Crippen LogP contribution in [0.4, 0.5) is 18.9 Å². The van der Waals surface area contributed by atoms with Crippen molar-refractivity contribution < 1.29 is 35.9 Å². The van der Waals surface area contributed by atoms with Gasteiger partial charge < -0.3 is 15.0 Å². The molecule has 2 aromatic rings. The van der Waals surface area contributed by atoms with E-state index >= 15 is 0 Å². The number of ether oxygens (including phenoxy) is 1. The molecule has 1 N–H and O–H groups in total. The first kappa shape index (κ1) is 29.9. The summed E-state index contributed by atoms with van der Waals surface area (Å²) in [7, 11) is -2.66. The molecule has 8 nitrogen and oxygen atoms in total. The molecule has 2 rings (SSSR count). The van der Waals surface area contributed by atoms with Crippen molar-refractivity contribution in [2.45, 2.75) is 52.0 Å². The number of nitrogens with zero attached hydrogens (tertiary/aromatic N) is 2. The highest BCUT2D eigenvalue weighted by Crippen LogP contribution is 2.32. The molecular weight excluding hydrogens is 511 g/mol. The standard InChI is InChI=1S/C25H32F3N3O5S/c1-6-17(2)29-24(33)18(3)30(15-19-10-12-22(36-4)13-11-19)23(32)16-31(37(5,34)35)21-9-7-8-20(14-21)25(26,27)28/h7-14,17-18H,6,15-16H2,1-5H3,(H,29,33)/t17-,18+/m0/s1. The molecule has 204 valence electrons.